The summed E-state index contributed by atoms with van der Waals surface area (Å²) in [6.45, 7) is 17.0. The first-order chi connectivity index (χ1) is 17.5. The molecule has 6 nitrogen and oxygen atoms in total. The maximum Gasteiger partial charge on any atom is 0.192 e. The monoisotopic (exact) mass is 536 g/mol. The molecule has 0 radical (unpaired) electrons. The number of rotatable bonds is 9. The van der Waals surface area contributed by atoms with Gasteiger partial charge in [0.2, 0.25) is 0 Å². The lowest BCUT2D eigenvalue weighted by atomic mass is 10.1. The lowest BCUT2D eigenvalue weighted by molar-refractivity contribution is 0.241. The topological polar surface area (TPSA) is 69.6 Å². The Morgan fingerprint density at radius 3 is 2.73 bits per heavy atom. The van der Waals surface area contributed by atoms with E-state index in [1.807, 2.05) is 32.0 Å². The van der Waals surface area contributed by atoms with E-state index in [9.17, 15) is 5.26 Å². The lowest BCUT2D eigenvalue weighted by Crippen LogP contribution is -2.42. The lowest BCUT2D eigenvalue weighted by Gasteiger charge is -2.36. The molecule has 2 aromatic rings. The van der Waals surface area contributed by atoms with E-state index in [1.165, 1.54) is 16.8 Å². The van der Waals surface area contributed by atoms with Crippen molar-refractivity contribution in [3.8, 4) is 11.8 Å². The zero-order valence-corrected chi connectivity index (χ0v) is 25.0. The zero-order chi connectivity index (χ0) is 26.8. The van der Waals surface area contributed by atoms with Crippen molar-refractivity contribution < 1.29 is 9.16 Å². The number of anilines is 1. The largest absolute Gasteiger partial charge is 0.490 e. The molecule has 0 bridgehead atoms. The van der Waals surface area contributed by atoms with Crippen LogP contribution in [0.15, 0.2) is 42.6 Å². The third-order valence-corrected chi connectivity index (χ3v) is 12.9. The van der Waals surface area contributed by atoms with Gasteiger partial charge in [-0.1, -0.05) is 32.9 Å². The van der Waals surface area contributed by atoms with E-state index >= 15 is 0 Å². The molecule has 1 aliphatic carbocycles. The molecule has 37 heavy (non-hydrogen) atoms. The highest BCUT2D eigenvalue weighted by molar-refractivity contribution is 8.06. The van der Waals surface area contributed by atoms with Crippen LogP contribution in [0.2, 0.25) is 18.1 Å². The minimum Gasteiger partial charge on any atom is -0.490 e. The summed E-state index contributed by atoms with van der Waals surface area (Å²) in [4.78, 5) is 4.51. The van der Waals surface area contributed by atoms with Gasteiger partial charge in [0.05, 0.1) is 17.4 Å². The summed E-state index contributed by atoms with van der Waals surface area (Å²) in [6, 6.07) is 15.0. The first kappa shape index (κ1) is 27.7. The van der Waals surface area contributed by atoms with Crippen molar-refractivity contribution in [3.05, 3.63) is 64.9 Å². The Kier molecular flexibility index (Phi) is 8.41. The summed E-state index contributed by atoms with van der Waals surface area (Å²) in [7, 11) is -1.72. The van der Waals surface area contributed by atoms with Crippen LogP contribution in [-0.4, -0.2) is 27.6 Å². The molecule has 0 saturated carbocycles. The number of nitrogens with zero attached hydrogens (tertiary/aromatic N) is 2. The van der Waals surface area contributed by atoms with Gasteiger partial charge in [0, 0.05) is 30.3 Å². The second-order valence-electron chi connectivity index (χ2n) is 11.5. The van der Waals surface area contributed by atoms with E-state index in [1.54, 1.807) is 11.9 Å². The predicted molar refractivity (Wildman–Crippen MR) is 157 cm³/mol. The SMILES string of the molecule is CC(C)Oc1ccc(C2=CN(c3cccc4c3CCC4NCCO[Si](C)(C)C(C)(C)C)NS2)cc1C#N. The number of hydrogen-bond acceptors (Lipinski definition) is 7. The Balaban J connectivity index is 1.44. The van der Waals surface area contributed by atoms with Crippen LogP contribution in [0.1, 0.15) is 69.3 Å². The average Bonchev–Trinajstić information content (AvgIpc) is 3.49. The number of ether oxygens (including phenoxy) is 1. The number of hydrazine groups is 1. The van der Waals surface area contributed by atoms with Gasteiger partial charge in [-0.15, -0.1) is 0 Å². The van der Waals surface area contributed by atoms with E-state index < -0.39 is 8.32 Å². The number of hydrogen-bond donors (Lipinski definition) is 2. The zero-order valence-electron chi connectivity index (χ0n) is 23.1. The number of nitrogens with one attached hydrogen (secondary N) is 2. The Hall–Kier alpha value is -2.28. The highest BCUT2D eigenvalue weighted by Crippen LogP contribution is 2.41. The fraction of sp³-hybridized carbons (Fsp3) is 0.483. The second-order valence-corrected chi connectivity index (χ2v) is 17.2. The van der Waals surface area contributed by atoms with Crippen LogP contribution in [0, 0.1) is 11.3 Å². The summed E-state index contributed by atoms with van der Waals surface area (Å²) in [6.07, 6.45) is 4.27. The molecule has 0 spiro atoms. The van der Waals surface area contributed by atoms with Gasteiger partial charge in [-0.2, -0.15) is 10.1 Å². The highest BCUT2D eigenvalue weighted by Gasteiger charge is 2.37. The maximum absolute atomic E-state index is 9.62. The van der Waals surface area contributed by atoms with Crippen LogP contribution in [0.3, 0.4) is 0 Å². The van der Waals surface area contributed by atoms with Gasteiger partial charge in [-0.25, -0.2) is 0 Å². The molecule has 1 heterocycles. The van der Waals surface area contributed by atoms with Gasteiger partial charge in [0.1, 0.15) is 11.8 Å². The van der Waals surface area contributed by atoms with Crippen molar-refractivity contribution in [3.63, 3.8) is 0 Å². The van der Waals surface area contributed by atoms with E-state index in [0.717, 1.165) is 36.5 Å². The molecule has 2 aromatic carbocycles. The standard InChI is InChI=1S/C29H40N4O2SSi/c1-20(2)35-27-14-11-21(17-22(27)18-30)28-19-33(32-36-28)26-10-8-9-23-24(26)12-13-25(23)31-15-16-34-37(6,7)29(3,4)5/h8-11,14,17,19-20,25,31-32H,12-13,15-16H2,1-7H3. The first-order valence-electron chi connectivity index (χ1n) is 13.1. The van der Waals surface area contributed by atoms with Gasteiger partial charge in [-0.05, 0) is 97.7 Å². The summed E-state index contributed by atoms with van der Waals surface area (Å²) >= 11 is 1.56. The van der Waals surface area contributed by atoms with Crippen LogP contribution in [0.4, 0.5) is 5.69 Å². The number of nitriles is 1. The van der Waals surface area contributed by atoms with Crippen LogP contribution < -0.4 is 19.9 Å². The minimum absolute atomic E-state index is 0.0263. The molecule has 1 atom stereocenters. The molecule has 2 aliphatic rings. The number of benzene rings is 2. The molecule has 0 aromatic heterocycles. The molecule has 0 amide bonds. The fourth-order valence-corrected chi connectivity index (χ4v) is 6.27. The normalized spacial score (nSPS) is 17.6. The predicted octanol–water partition coefficient (Wildman–Crippen LogP) is 6.92. The molecule has 198 valence electrons. The molecule has 1 aliphatic heterocycles. The minimum atomic E-state index is -1.72. The summed E-state index contributed by atoms with van der Waals surface area (Å²) in [5, 5.41) is 15.7. The van der Waals surface area contributed by atoms with Gasteiger partial charge < -0.3 is 14.5 Å². The first-order valence-corrected chi connectivity index (χ1v) is 16.9. The quantitative estimate of drug-likeness (QED) is 0.205. The van der Waals surface area contributed by atoms with Crippen LogP contribution in [0.5, 0.6) is 5.75 Å². The Morgan fingerprint density at radius 2 is 2.03 bits per heavy atom. The molecular weight excluding hydrogens is 496 g/mol. The van der Waals surface area contributed by atoms with Gasteiger partial charge in [-0.3, -0.25) is 5.01 Å². The molecular formula is C29H40N4O2SSi. The average molecular weight is 537 g/mol. The van der Waals surface area contributed by atoms with Gasteiger partial charge in [0.15, 0.2) is 8.32 Å². The van der Waals surface area contributed by atoms with Crippen molar-refractivity contribution in [2.75, 3.05) is 18.2 Å². The third-order valence-electron chi connectivity index (χ3n) is 7.51. The Labute approximate surface area is 227 Å². The van der Waals surface area contributed by atoms with Gasteiger partial charge >= 0.3 is 0 Å². The van der Waals surface area contributed by atoms with E-state index in [0.29, 0.717) is 17.4 Å². The summed E-state index contributed by atoms with van der Waals surface area (Å²) < 4.78 is 12.1. The van der Waals surface area contributed by atoms with E-state index in [-0.39, 0.29) is 11.1 Å². The van der Waals surface area contributed by atoms with Crippen LogP contribution >= 0.6 is 11.9 Å². The molecule has 8 heteroatoms. The molecule has 2 N–H and O–H groups in total. The molecule has 1 unspecified atom stereocenters. The van der Waals surface area contributed by atoms with Crippen molar-refractivity contribution in [2.45, 2.75) is 77.7 Å². The Bertz CT molecular complexity index is 1200. The highest BCUT2D eigenvalue weighted by atomic mass is 32.2. The summed E-state index contributed by atoms with van der Waals surface area (Å²) in [5.41, 5.74) is 5.50. The second kappa shape index (κ2) is 11.2. The van der Waals surface area contributed by atoms with E-state index in [4.69, 9.17) is 9.16 Å². The van der Waals surface area contributed by atoms with E-state index in [2.05, 4.69) is 79.5 Å². The maximum atomic E-state index is 9.62. The fourth-order valence-electron chi connectivity index (χ4n) is 4.48. The number of fused-ring (bicyclic) bond motifs is 1. The van der Waals surface area contributed by atoms with Crippen molar-refractivity contribution >= 4 is 30.9 Å². The Morgan fingerprint density at radius 1 is 1.24 bits per heavy atom. The van der Waals surface area contributed by atoms with Crippen molar-refractivity contribution in [2.24, 2.45) is 0 Å². The molecule has 4 rings (SSSR count). The smallest absolute Gasteiger partial charge is 0.192 e. The van der Waals surface area contributed by atoms with Crippen LogP contribution in [-0.2, 0) is 10.8 Å². The molecule has 0 saturated heterocycles. The third kappa shape index (κ3) is 6.24. The summed E-state index contributed by atoms with van der Waals surface area (Å²) in [5.74, 6) is 0.629. The van der Waals surface area contributed by atoms with Crippen molar-refractivity contribution in [1.29, 1.82) is 5.26 Å². The van der Waals surface area contributed by atoms with Crippen LogP contribution in [0.25, 0.3) is 4.91 Å². The molecule has 0 fully saturated rings. The van der Waals surface area contributed by atoms with Crippen molar-refractivity contribution in [1.82, 2.24) is 10.1 Å². The van der Waals surface area contributed by atoms with Gasteiger partial charge in [0.25, 0.3) is 0 Å².